The van der Waals surface area contributed by atoms with Crippen LogP contribution in [0.1, 0.15) is 89.5 Å². The first-order valence-electron chi connectivity index (χ1n) is 15.3. The van der Waals surface area contributed by atoms with Crippen molar-refractivity contribution in [2.45, 2.75) is 102 Å². The third-order valence-corrected chi connectivity index (χ3v) is 12.1. The zero-order valence-corrected chi connectivity index (χ0v) is 23.6. The monoisotopic (exact) mass is 542 g/mol. The summed E-state index contributed by atoms with van der Waals surface area (Å²) in [5, 5.41) is 25.0. The summed E-state index contributed by atoms with van der Waals surface area (Å²) < 4.78 is 11.1. The van der Waals surface area contributed by atoms with Gasteiger partial charge in [0.15, 0.2) is 0 Å². The molecule has 4 saturated carbocycles. The van der Waals surface area contributed by atoms with E-state index < -0.39 is 5.60 Å². The number of nitrogens with zero attached hydrogens (tertiary/aromatic N) is 1. The maximum atomic E-state index is 12.5. The largest absolute Gasteiger partial charge is 0.446 e. The summed E-state index contributed by atoms with van der Waals surface area (Å²) in [7, 11) is 0. The van der Waals surface area contributed by atoms with E-state index in [0.29, 0.717) is 24.9 Å². The van der Waals surface area contributed by atoms with Crippen LogP contribution in [0.25, 0.3) is 0 Å². The lowest BCUT2D eigenvalue weighted by atomic mass is 9.43. The van der Waals surface area contributed by atoms with Gasteiger partial charge in [0.05, 0.1) is 18.0 Å². The van der Waals surface area contributed by atoms with Gasteiger partial charge in [-0.15, -0.1) is 0 Å². The number of ether oxygens (including phenoxy) is 1. The molecule has 0 bridgehead atoms. The number of carbonyl (C=O) groups excluding carboxylic acids is 1. The van der Waals surface area contributed by atoms with Crippen LogP contribution in [0.2, 0.25) is 0 Å². The molecule has 1 amide bonds. The van der Waals surface area contributed by atoms with Crippen molar-refractivity contribution in [2.75, 3.05) is 26.2 Å². The molecule has 8 nitrogen and oxygen atoms in total. The van der Waals surface area contributed by atoms with Crippen LogP contribution in [0.5, 0.6) is 0 Å². The summed E-state index contributed by atoms with van der Waals surface area (Å²) >= 11 is 0. The summed E-state index contributed by atoms with van der Waals surface area (Å²) in [6.07, 6.45) is 10.5. The van der Waals surface area contributed by atoms with Gasteiger partial charge in [0.2, 0.25) is 0 Å². The van der Waals surface area contributed by atoms with E-state index in [0.717, 1.165) is 82.9 Å². The van der Waals surface area contributed by atoms with Crippen molar-refractivity contribution in [2.24, 2.45) is 28.6 Å². The standard InChI is InChI=1S/C31H46N2O6/c1-29-11-7-23(39-28(36)32-14-16-33-15-10-22(34)18-33)17-21(29)4-5-26-25(29)8-12-30(2)24(9-13-31(26,30)37)20-3-6-27(35)38-19-20/h3,6,19,21-26,34,37H,4-5,7-18H2,1-2H3,(H,32,36)/t21-,22+,23+,24-,25+,26-,29+,30-,31+/m1/s1. The smallest absolute Gasteiger partial charge is 0.407 e. The molecule has 5 aliphatic rings. The van der Waals surface area contributed by atoms with E-state index >= 15 is 0 Å². The Morgan fingerprint density at radius 2 is 1.95 bits per heavy atom. The van der Waals surface area contributed by atoms with Crippen molar-refractivity contribution in [3.8, 4) is 0 Å². The van der Waals surface area contributed by atoms with Gasteiger partial charge < -0.3 is 24.7 Å². The number of rotatable bonds is 5. The van der Waals surface area contributed by atoms with Gasteiger partial charge in [-0.1, -0.05) is 13.8 Å². The van der Waals surface area contributed by atoms with Gasteiger partial charge in [-0.3, -0.25) is 4.90 Å². The molecule has 9 atom stereocenters. The minimum absolute atomic E-state index is 0.0474. The molecule has 1 aromatic rings. The molecule has 1 aliphatic heterocycles. The zero-order valence-electron chi connectivity index (χ0n) is 23.6. The minimum Gasteiger partial charge on any atom is -0.446 e. The van der Waals surface area contributed by atoms with Gasteiger partial charge in [0.1, 0.15) is 6.10 Å². The van der Waals surface area contributed by atoms with Crippen LogP contribution in [-0.4, -0.2) is 65.2 Å². The van der Waals surface area contributed by atoms with Crippen LogP contribution >= 0.6 is 0 Å². The number of alkyl carbamates (subject to hydrolysis) is 1. The van der Waals surface area contributed by atoms with Crippen LogP contribution in [0.15, 0.2) is 27.6 Å². The van der Waals surface area contributed by atoms with Crippen LogP contribution < -0.4 is 10.9 Å². The Balaban J connectivity index is 1.07. The maximum absolute atomic E-state index is 12.5. The van der Waals surface area contributed by atoms with Crippen molar-refractivity contribution < 1.29 is 24.2 Å². The fraction of sp³-hybridized carbons (Fsp3) is 0.806. The van der Waals surface area contributed by atoms with Gasteiger partial charge in [0.25, 0.3) is 0 Å². The van der Waals surface area contributed by atoms with Crippen molar-refractivity contribution in [3.05, 3.63) is 34.4 Å². The number of nitrogens with one attached hydrogen (secondary N) is 1. The van der Waals surface area contributed by atoms with E-state index in [2.05, 4.69) is 24.1 Å². The Morgan fingerprint density at radius 1 is 1.10 bits per heavy atom. The Morgan fingerprint density at radius 3 is 2.69 bits per heavy atom. The third kappa shape index (κ3) is 4.64. The molecular weight excluding hydrogens is 496 g/mol. The molecule has 3 N–H and O–H groups in total. The second-order valence-corrected chi connectivity index (χ2v) is 13.8. The molecule has 0 aromatic carbocycles. The van der Waals surface area contributed by atoms with E-state index in [9.17, 15) is 19.8 Å². The lowest BCUT2D eigenvalue weighted by Gasteiger charge is -2.63. The molecule has 216 valence electrons. The number of amides is 1. The Bertz CT molecular complexity index is 1100. The van der Waals surface area contributed by atoms with Crippen molar-refractivity contribution in [1.82, 2.24) is 10.2 Å². The Hall–Kier alpha value is -1.90. The first-order valence-corrected chi connectivity index (χ1v) is 15.3. The molecule has 1 aromatic heterocycles. The van der Waals surface area contributed by atoms with E-state index in [1.54, 1.807) is 6.26 Å². The van der Waals surface area contributed by atoms with Crippen molar-refractivity contribution in [3.63, 3.8) is 0 Å². The summed E-state index contributed by atoms with van der Waals surface area (Å²) in [4.78, 5) is 26.2. The first-order chi connectivity index (χ1) is 18.6. The molecule has 6 rings (SSSR count). The van der Waals surface area contributed by atoms with Gasteiger partial charge in [-0.05, 0) is 105 Å². The van der Waals surface area contributed by atoms with Crippen molar-refractivity contribution in [1.29, 1.82) is 0 Å². The van der Waals surface area contributed by atoms with Crippen molar-refractivity contribution >= 4 is 6.09 Å². The zero-order chi connectivity index (χ0) is 27.4. The average molecular weight is 543 g/mol. The highest BCUT2D eigenvalue weighted by atomic mass is 16.6. The Labute approximate surface area is 231 Å². The fourth-order valence-electron chi connectivity index (χ4n) is 9.92. The molecule has 2 heterocycles. The highest BCUT2D eigenvalue weighted by molar-refractivity contribution is 5.67. The van der Waals surface area contributed by atoms with Crippen LogP contribution in [0.4, 0.5) is 4.79 Å². The third-order valence-electron chi connectivity index (χ3n) is 12.1. The second kappa shape index (κ2) is 10.2. The fourth-order valence-corrected chi connectivity index (χ4v) is 9.92. The Kier molecular flexibility index (Phi) is 7.12. The van der Waals surface area contributed by atoms with E-state index in [4.69, 9.17) is 9.15 Å². The number of likely N-dealkylation sites (tertiary alicyclic amines) is 1. The molecule has 8 heteroatoms. The lowest BCUT2D eigenvalue weighted by Crippen LogP contribution is -2.62. The lowest BCUT2D eigenvalue weighted by molar-refractivity contribution is -0.205. The van der Waals surface area contributed by atoms with E-state index in [1.807, 2.05) is 6.07 Å². The average Bonchev–Trinajstić information content (AvgIpc) is 3.44. The molecule has 39 heavy (non-hydrogen) atoms. The number of carbonyl (C=O) groups is 1. The SMILES string of the molecule is C[C@]12CC[C@H](OC(=O)NCCN3CC[C@H](O)C3)C[C@H]1CC[C@@H]1[C@@H]2CC[C@]2(C)[C@@H](c3ccc(=O)oc3)CC[C@]12O. The molecule has 0 unspecified atom stereocenters. The molecular formula is C31H46N2O6. The summed E-state index contributed by atoms with van der Waals surface area (Å²) in [6.45, 7) is 7.55. The molecule has 1 saturated heterocycles. The predicted octanol–water partition coefficient (Wildman–Crippen LogP) is 4.04. The quantitative estimate of drug-likeness (QED) is 0.515. The maximum Gasteiger partial charge on any atom is 0.407 e. The highest BCUT2D eigenvalue weighted by Gasteiger charge is 2.67. The number of aliphatic hydroxyl groups is 2. The molecule has 4 aliphatic carbocycles. The number of fused-ring (bicyclic) bond motifs is 5. The van der Waals surface area contributed by atoms with Crippen LogP contribution in [0, 0.1) is 28.6 Å². The van der Waals surface area contributed by atoms with Gasteiger partial charge in [0, 0.05) is 37.7 Å². The first kappa shape index (κ1) is 27.3. The highest BCUT2D eigenvalue weighted by Crippen LogP contribution is 2.70. The van der Waals surface area contributed by atoms with Crippen LogP contribution in [0.3, 0.4) is 0 Å². The number of hydrogen-bond acceptors (Lipinski definition) is 7. The normalized spacial score (nSPS) is 43.8. The second-order valence-electron chi connectivity index (χ2n) is 13.8. The number of aliphatic hydroxyl groups excluding tert-OH is 1. The predicted molar refractivity (Wildman–Crippen MR) is 146 cm³/mol. The number of β-amino-alcohol motifs (C(OH)–C–C–N with tert-alkyl or cyclic N) is 1. The number of hydrogen-bond donors (Lipinski definition) is 3. The van der Waals surface area contributed by atoms with Gasteiger partial charge >= 0.3 is 11.7 Å². The summed E-state index contributed by atoms with van der Waals surface area (Å²) in [5.74, 6) is 1.47. The van der Waals surface area contributed by atoms with E-state index in [1.165, 1.54) is 6.07 Å². The molecule has 5 fully saturated rings. The van der Waals surface area contributed by atoms with Crippen LogP contribution in [-0.2, 0) is 4.74 Å². The minimum atomic E-state index is -0.705. The van der Waals surface area contributed by atoms with Gasteiger partial charge in [-0.25, -0.2) is 9.59 Å². The topological polar surface area (TPSA) is 112 Å². The van der Waals surface area contributed by atoms with E-state index in [-0.39, 0.29) is 46.6 Å². The summed E-state index contributed by atoms with van der Waals surface area (Å²) in [5.41, 5.74) is -0.0521. The van der Waals surface area contributed by atoms with Gasteiger partial charge in [-0.2, -0.15) is 0 Å². The summed E-state index contributed by atoms with van der Waals surface area (Å²) in [6, 6.07) is 3.40. The molecule has 0 spiro atoms. The molecule has 0 radical (unpaired) electrons.